The van der Waals surface area contributed by atoms with Crippen LogP contribution in [0.2, 0.25) is 0 Å². The van der Waals surface area contributed by atoms with Crippen molar-refractivity contribution in [2.45, 2.75) is 33.7 Å². The van der Waals surface area contributed by atoms with E-state index in [-0.39, 0.29) is 41.8 Å². The Kier molecular flexibility index (Phi) is 10.4. The van der Waals surface area contributed by atoms with Gasteiger partial charge in [-0.25, -0.2) is 4.99 Å². The average molecular weight is 820 g/mol. The molecule has 2 aromatic heterocycles. The first-order valence-electron chi connectivity index (χ1n) is 13.4. The number of halogens is 1. The van der Waals surface area contributed by atoms with Crippen LogP contribution in [0, 0.1) is 6.92 Å². The Morgan fingerprint density at radius 2 is 1.48 bits per heavy atom. The summed E-state index contributed by atoms with van der Waals surface area (Å²) in [5, 5.41) is 2.13. The summed E-state index contributed by atoms with van der Waals surface area (Å²) in [6.07, 6.45) is 6.29. The van der Waals surface area contributed by atoms with Gasteiger partial charge in [0.05, 0.1) is 17.5 Å². The molecule has 206 valence electrons. The number of H-pyrrole nitrogens is 2. The van der Waals surface area contributed by atoms with E-state index in [1.807, 2.05) is 19.9 Å². The van der Waals surface area contributed by atoms with E-state index in [1.165, 1.54) is 14.9 Å². The van der Waals surface area contributed by atoms with Crippen LogP contribution < -0.4 is 10.7 Å². The van der Waals surface area contributed by atoms with Crippen molar-refractivity contribution >= 4 is 51.4 Å². The molecule has 1 unspecified atom stereocenters. The molecule has 2 aromatic carbocycles. The molecule has 2 aliphatic rings. The van der Waals surface area contributed by atoms with Crippen molar-refractivity contribution in [2.75, 3.05) is 0 Å². The fraction of sp³-hybridized carbons (Fsp3) is 0.147. The second-order valence-electron chi connectivity index (χ2n) is 9.16. The van der Waals surface area contributed by atoms with E-state index >= 15 is 0 Å². The van der Waals surface area contributed by atoms with Crippen molar-refractivity contribution in [3.63, 3.8) is 0 Å². The third-order valence-corrected chi connectivity index (χ3v) is 9.11. The van der Waals surface area contributed by atoms with Gasteiger partial charge in [0.1, 0.15) is 3.72 Å². The van der Waals surface area contributed by atoms with Crippen LogP contribution >= 0.6 is 20.7 Å². The summed E-state index contributed by atoms with van der Waals surface area (Å²) in [6, 6.07) is 29.8. The molecule has 0 saturated heterocycles. The number of rotatable bonds is 5. The van der Waals surface area contributed by atoms with Crippen molar-refractivity contribution in [1.29, 1.82) is 0 Å². The topological polar surface area (TPSA) is 56.3 Å². The molecule has 0 radical (unpaired) electrons. The van der Waals surface area contributed by atoms with Crippen molar-refractivity contribution < 1.29 is 21.1 Å². The van der Waals surface area contributed by atoms with Crippen LogP contribution in [0.5, 0.6) is 0 Å². The van der Waals surface area contributed by atoms with E-state index in [0.29, 0.717) is 6.04 Å². The molecular formula is C34H33IN4Pt. The quantitative estimate of drug-likeness (QED) is 0.211. The number of benzene rings is 2. The van der Waals surface area contributed by atoms with Crippen molar-refractivity contribution in [1.82, 2.24) is 9.97 Å². The summed E-state index contributed by atoms with van der Waals surface area (Å²) in [5.41, 5.74) is 8.75. The van der Waals surface area contributed by atoms with Crippen LogP contribution in [-0.2, 0) is 21.1 Å². The van der Waals surface area contributed by atoms with Gasteiger partial charge < -0.3 is 9.97 Å². The minimum Gasteiger partial charge on any atom is -0.359 e. The molecule has 6 rings (SSSR count). The second kappa shape index (κ2) is 14.0. The molecule has 6 heteroatoms. The number of hydrogen-bond donors (Lipinski definition) is 2. The number of nitrogens with one attached hydrogen (secondary N) is 2. The zero-order valence-electron chi connectivity index (χ0n) is 23.1. The van der Waals surface area contributed by atoms with Crippen molar-refractivity contribution in [3.8, 4) is 0 Å². The summed E-state index contributed by atoms with van der Waals surface area (Å²) in [5.74, 6) is 0. The summed E-state index contributed by atoms with van der Waals surface area (Å²) >= 11 is -0.204. The van der Waals surface area contributed by atoms with Gasteiger partial charge in [-0.1, -0.05) is 95.2 Å². The molecule has 0 spiro atoms. The zero-order chi connectivity index (χ0) is 27.2. The van der Waals surface area contributed by atoms with Gasteiger partial charge in [0.25, 0.3) is 0 Å². The first kappa shape index (κ1) is 29.8. The van der Waals surface area contributed by atoms with Gasteiger partial charge in [-0.2, -0.15) is 0 Å². The van der Waals surface area contributed by atoms with Crippen LogP contribution in [0.25, 0.3) is 17.2 Å². The number of hydrogen-bond acceptors (Lipinski definition) is 2. The fourth-order valence-corrected chi connectivity index (χ4v) is 7.13. The van der Waals surface area contributed by atoms with E-state index in [9.17, 15) is 0 Å². The summed E-state index contributed by atoms with van der Waals surface area (Å²) < 4.78 is 3.61. The number of allylic oxidation sites excluding steroid dienone is 2. The van der Waals surface area contributed by atoms with E-state index in [4.69, 9.17) is 9.98 Å². The summed E-state index contributed by atoms with van der Waals surface area (Å²) in [4.78, 5) is 17.1. The average Bonchev–Trinajstić information content (AvgIpc) is 3.78. The maximum Gasteiger partial charge on any atom is 0.100 e. The Bertz CT molecular complexity index is 1740. The maximum atomic E-state index is 5.00. The van der Waals surface area contributed by atoms with E-state index < -0.39 is 0 Å². The largest absolute Gasteiger partial charge is 0.359 e. The Labute approximate surface area is 260 Å². The monoisotopic (exact) mass is 819 g/mol. The van der Waals surface area contributed by atoms with Crippen molar-refractivity contribution in [2.24, 2.45) is 9.98 Å². The number of aliphatic imine (C=N–C) groups is 2. The third-order valence-electron chi connectivity index (χ3n) is 6.30. The van der Waals surface area contributed by atoms with E-state index in [2.05, 4.69) is 125 Å². The molecule has 1 atom stereocenters. The third kappa shape index (κ3) is 6.76. The molecule has 0 saturated carbocycles. The van der Waals surface area contributed by atoms with Gasteiger partial charge in [-0.3, -0.25) is 4.99 Å². The maximum absolute atomic E-state index is 5.00. The SMILES string of the molecule is CC.Cc1ccc(/C(=C2/C=CC(/C=c3/cc/c(=C(/C4=NC(C)C=I4)c4ccccc4)[nH]3)=N2)c2ccccc2)[nH]1.[Pt]. The summed E-state index contributed by atoms with van der Waals surface area (Å²) in [6.45, 7) is 8.24. The molecule has 4 nitrogen and oxygen atoms in total. The minimum absolute atomic E-state index is 0. The molecule has 40 heavy (non-hydrogen) atoms. The first-order valence-corrected chi connectivity index (χ1v) is 15.7. The van der Waals surface area contributed by atoms with Crippen LogP contribution in [0.4, 0.5) is 0 Å². The molecular weight excluding hydrogens is 786 g/mol. The molecule has 2 N–H and O–H groups in total. The Hall–Kier alpha value is -3.15. The summed E-state index contributed by atoms with van der Waals surface area (Å²) in [7, 11) is 0. The van der Waals surface area contributed by atoms with Crippen LogP contribution in [0.15, 0.2) is 113 Å². The molecule has 4 heterocycles. The van der Waals surface area contributed by atoms with Gasteiger partial charge in [0.2, 0.25) is 0 Å². The smallest absolute Gasteiger partial charge is 0.100 e. The standard InChI is InChI=1S/C32H27IN4.C2H6.Pt/c1-21-13-16-27(34-21)30(23-9-5-3-6-10-23)28-17-14-25(36-28)19-26-15-18-29(37-26)31(24-11-7-4-8-12-24)32-33-20-22(2)35-32;1-2;/h3-20,22,34,37H,1-2H3;1-2H3;/b26-19-,30-28-,31-29-;;. The number of aryl methyl sites for hydroxylation is 1. The fourth-order valence-electron chi connectivity index (χ4n) is 4.59. The second-order valence-corrected chi connectivity index (χ2v) is 11.5. The van der Waals surface area contributed by atoms with Crippen LogP contribution in [-0.4, -0.2) is 29.5 Å². The Morgan fingerprint density at radius 3 is 2.08 bits per heavy atom. The minimum atomic E-state index is -0.204. The Morgan fingerprint density at radius 1 is 0.800 bits per heavy atom. The van der Waals surface area contributed by atoms with Gasteiger partial charge >= 0.3 is 0 Å². The number of aromatic nitrogens is 2. The number of nitrogens with zero attached hydrogens (tertiary/aromatic N) is 2. The van der Waals surface area contributed by atoms with Gasteiger partial charge in [-0.15, -0.1) is 0 Å². The molecule has 0 aliphatic carbocycles. The van der Waals surface area contributed by atoms with E-state index in [0.717, 1.165) is 44.6 Å². The molecule has 4 aromatic rings. The van der Waals surface area contributed by atoms with Gasteiger partial charge in [0, 0.05) is 54.3 Å². The van der Waals surface area contributed by atoms with Gasteiger partial charge in [0.15, 0.2) is 0 Å². The molecule has 0 fully saturated rings. The normalized spacial score (nSPS) is 18.2. The zero-order valence-corrected chi connectivity index (χ0v) is 27.5. The Balaban J connectivity index is 0.00000121. The van der Waals surface area contributed by atoms with Crippen LogP contribution in [0.1, 0.15) is 43.3 Å². The van der Waals surface area contributed by atoms with Crippen LogP contribution in [0.3, 0.4) is 0 Å². The number of aromatic amines is 2. The predicted molar refractivity (Wildman–Crippen MR) is 176 cm³/mol. The molecule has 0 bridgehead atoms. The first-order chi connectivity index (χ1) is 19.1. The predicted octanol–water partition coefficient (Wildman–Crippen LogP) is 6.70. The van der Waals surface area contributed by atoms with Gasteiger partial charge in [-0.05, 0) is 71.5 Å². The van der Waals surface area contributed by atoms with Crippen molar-refractivity contribution in [3.05, 3.63) is 136 Å². The molecule has 2 aliphatic heterocycles. The molecule has 0 amide bonds. The van der Waals surface area contributed by atoms with E-state index in [1.54, 1.807) is 0 Å².